The Morgan fingerprint density at radius 3 is 3.14 bits per heavy atom. The van der Waals surface area contributed by atoms with Crippen molar-refractivity contribution in [3.63, 3.8) is 0 Å². The van der Waals surface area contributed by atoms with E-state index in [0.29, 0.717) is 6.73 Å². The first kappa shape index (κ1) is 8.99. The third-order valence-corrected chi connectivity index (χ3v) is 2.12. The first-order valence-corrected chi connectivity index (χ1v) is 4.60. The van der Waals surface area contributed by atoms with Crippen molar-refractivity contribution in [3.05, 3.63) is 30.2 Å². The maximum Gasteiger partial charge on any atom is 0.286 e. The molecule has 0 aromatic carbocycles. The van der Waals surface area contributed by atoms with E-state index in [-0.39, 0.29) is 0 Å². The molecule has 0 atom stereocenters. The third-order valence-electron chi connectivity index (χ3n) is 2.12. The van der Waals surface area contributed by atoms with Crippen LogP contribution in [-0.4, -0.2) is 29.0 Å². The summed E-state index contributed by atoms with van der Waals surface area (Å²) in [5, 5.41) is 0. The summed E-state index contributed by atoms with van der Waals surface area (Å²) in [6, 6.07) is 0. The lowest BCUT2D eigenvalue weighted by atomic mass is 10.3. The van der Waals surface area contributed by atoms with Crippen LogP contribution in [0.5, 0.6) is 0 Å². The maximum absolute atomic E-state index is 5.37. The lowest BCUT2D eigenvalue weighted by Crippen LogP contribution is -2.22. The minimum absolute atomic E-state index is 0.625. The SMILES string of the molecule is CC1=CC=[N+](CCc2cocn2)CO1. The van der Waals surface area contributed by atoms with Gasteiger partial charge in [0.25, 0.3) is 6.73 Å². The largest absolute Gasteiger partial charge is 0.451 e. The Bertz CT molecular complexity index is 352. The fourth-order valence-corrected chi connectivity index (χ4v) is 1.24. The standard InChI is InChI=1S/C10H13N2O2/c1-9-2-4-12(8-14-9)5-3-10-6-13-7-11-10/h2,4,6-7H,3,5,8H2,1H3/q+1. The maximum atomic E-state index is 5.37. The summed E-state index contributed by atoms with van der Waals surface area (Å²) in [6.07, 6.45) is 8.01. The van der Waals surface area contributed by atoms with Crippen LogP contribution in [0, 0.1) is 0 Å². The molecule has 0 saturated carbocycles. The summed E-state index contributed by atoms with van der Waals surface area (Å²) in [4.78, 5) is 4.05. The highest BCUT2D eigenvalue weighted by atomic mass is 16.5. The predicted molar refractivity (Wildman–Crippen MR) is 51.1 cm³/mol. The van der Waals surface area contributed by atoms with Gasteiger partial charge in [-0.05, 0) is 6.92 Å². The fraction of sp³-hybridized carbons (Fsp3) is 0.400. The highest BCUT2D eigenvalue weighted by Crippen LogP contribution is 2.01. The zero-order chi connectivity index (χ0) is 9.80. The van der Waals surface area contributed by atoms with Gasteiger partial charge in [0.05, 0.1) is 12.1 Å². The normalized spacial score (nSPS) is 15.8. The molecule has 1 aliphatic rings. The van der Waals surface area contributed by atoms with Crippen molar-refractivity contribution in [3.8, 4) is 0 Å². The van der Waals surface area contributed by atoms with Gasteiger partial charge in [-0.1, -0.05) is 0 Å². The van der Waals surface area contributed by atoms with Gasteiger partial charge in [-0.15, -0.1) is 0 Å². The zero-order valence-electron chi connectivity index (χ0n) is 8.14. The van der Waals surface area contributed by atoms with E-state index in [4.69, 9.17) is 9.15 Å². The minimum Gasteiger partial charge on any atom is -0.451 e. The first-order valence-electron chi connectivity index (χ1n) is 4.60. The molecule has 0 saturated heterocycles. The van der Waals surface area contributed by atoms with E-state index in [2.05, 4.69) is 9.56 Å². The number of rotatable bonds is 3. The van der Waals surface area contributed by atoms with Gasteiger partial charge in [-0.25, -0.2) is 9.56 Å². The monoisotopic (exact) mass is 193 g/mol. The Balaban J connectivity index is 1.87. The van der Waals surface area contributed by atoms with E-state index in [1.54, 1.807) is 6.26 Å². The van der Waals surface area contributed by atoms with Gasteiger partial charge in [0.1, 0.15) is 12.0 Å². The van der Waals surface area contributed by atoms with Crippen LogP contribution in [0.15, 0.2) is 28.9 Å². The molecule has 0 unspecified atom stereocenters. The van der Waals surface area contributed by atoms with Crippen molar-refractivity contribution >= 4 is 6.21 Å². The summed E-state index contributed by atoms with van der Waals surface area (Å²) >= 11 is 0. The lowest BCUT2D eigenvalue weighted by molar-refractivity contribution is -0.562. The predicted octanol–water partition coefficient (Wildman–Crippen LogP) is 1.19. The average molecular weight is 193 g/mol. The first-order chi connectivity index (χ1) is 6.84. The van der Waals surface area contributed by atoms with Gasteiger partial charge in [-0.2, -0.15) is 0 Å². The van der Waals surface area contributed by atoms with Gasteiger partial charge >= 0.3 is 0 Å². The number of nitrogens with zero attached hydrogens (tertiary/aromatic N) is 2. The second-order valence-electron chi connectivity index (χ2n) is 3.24. The second kappa shape index (κ2) is 4.09. The molecule has 0 spiro atoms. The molecular weight excluding hydrogens is 180 g/mol. The zero-order valence-corrected chi connectivity index (χ0v) is 8.14. The van der Waals surface area contributed by atoms with Crippen LogP contribution in [0.1, 0.15) is 12.6 Å². The Morgan fingerprint density at radius 2 is 2.50 bits per heavy atom. The molecular formula is C10H13N2O2+. The summed E-state index contributed by atoms with van der Waals surface area (Å²) < 4.78 is 12.4. The molecule has 1 aromatic heterocycles. The van der Waals surface area contributed by atoms with Gasteiger partial charge in [0, 0.05) is 6.08 Å². The van der Waals surface area contributed by atoms with Gasteiger partial charge in [0.15, 0.2) is 19.2 Å². The molecule has 14 heavy (non-hydrogen) atoms. The summed E-state index contributed by atoms with van der Waals surface area (Å²) in [7, 11) is 0. The highest BCUT2D eigenvalue weighted by molar-refractivity contribution is 5.67. The highest BCUT2D eigenvalue weighted by Gasteiger charge is 2.09. The van der Waals surface area contributed by atoms with Crippen molar-refractivity contribution in [2.45, 2.75) is 13.3 Å². The molecule has 0 amide bonds. The van der Waals surface area contributed by atoms with E-state index < -0.39 is 0 Å². The van der Waals surface area contributed by atoms with Crippen molar-refractivity contribution in [1.29, 1.82) is 0 Å². The number of hydrogen-bond acceptors (Lipinski definition) is 3. The van der Waals surface area contributed by atoms with Crippen LogP contribution >= 0.6 is 0 Å². The van der Waals surface area contributed by atoms with E-state index >= 15 is 0 Å². The van der Waals surface area contributed by atoms with Crippen LogP contribution in [0.2, 0.25) is 0 Å². The van der Waals surface area contributed by atoms with E-state index in [9.17, 15) is 0 Å². The van der Waals surface area contributed by atoms with Gasteiger partial charge < -0.3 is 9.15 Å². The molecule has 4 nitrogen and oxygen atoms in total. The van der Waals surface area contributed by atoms with Crippen LogP contribution < -0.4 is 0 Å². The van der Waals surface area contributed by atoms with Crippen molar-refractivity contribution in [2.75, 3.05) is 13.3 Å². The third kappa shape index (κ3) is 2.22. The average Bonchev–Trinajstić information content (AvgIpc) is 2.70. The topological polar surface area (TPSA) is 38.3 Å². The number of hydrogen-bond donors (Lipinski definition) is 0. The lowest BCUT2D eigenvalue weighted by Gasteiger charge is -2.08. The Hall–Kier alpha value is -1.58. The molecule has 2 rings (SSSR count). The molecule has 1 aromatic rings. The molecule has 74 valence electrons. The van der Waals surface area contributed by atoms with Gasteiger partial charge in [0.2, 0.25) is 0 Å². The van der Waals surface area contributed by atoms with Crippen LogP contribution in [0.4, 0.5) is 0 Å². The van der Waals surface area contributed by atoms with Crippen LogP contribution in [0.25, 0.3) is 0 Å². The molecule has 1 aliphatic heterocycles. The summed E-state index contributed by atoms with van der Waals surface area (Å²) in [5.41, 5.74) is 0.977. The Labute approximate surface area is 82.5 Å². The van der Waals surface area contributed by atoms with Crippen molar-refractivity contribution in [2.24, 2.45) is 0 Å². The molecule has 0 bridgehead atoms. The molecule has 4 heteroatoms. The number of oxazole rings is 1. The Kier molecular flexibility index (Phi) is 2.62. The molecule has 0 aliphatic carbocycles. The second-order valence-corrected chi connectivity index (χ2v) is 3.24. The van der Waals surface area contributed by atoms with Crippen molar-refractivity contribution in [1.82, 2.24) is 4.98 Å². The molecule has 2 heterocycles. The smallest absolute Gasteiger partial charge is 0.286 e. The van der Waals surface area contributed by atoms with Crippen molar-refractivity contribution < 1.29 is 13.7 Å². The minimum atomic E-state index is 0.625. The molecule has 0 N–H and O–H groups in total. The molecule has 0 radical (unpaired) electrons. The van der Waals surface area contributed by atoms with Crippen LogP contribution in [-0.2, 0) is 11.2 Å². The quantitative estimate of drug-likeness (QED) is 0.677. The number of aromatic nitrogens is 1. The number of ether oxygens (including phenoxy) is 1. The number of allylic oxidation sites excluding steroid dienone is 2. The molecule has 0 fully saturated rings. The van der Waals surface area contributed by atoms with E-state index in [1.807, 2.05) is 19.2 Å². The van der Waals surface area contributed by atoms with Gasteiger partial charge in [-0.3, -0.25) is 0 Å². The Morgan fingerprint density at radius 1 is 1.57 bits per heavy atom. The fourth-order valence-electron chi connectivity index (χ4n) is 1.24. The van der Waals surface area contributed by atoms with Crippen LogP contribution in [0.3, 0.4) is 0 Å². The van der Waals surface area contributed by atoms with E-state index in [1.165, 1.54) is 6.39 Å². The summed E-state index contributed by atoms with van der Waals surface area (Å²) in [6.45, 7) is 3.47. The van der Waals surface area contributed by atoms with E-state index in [0.717, 1.165) is 24.4 Å². The summed E-state index contributed by atoms with van der Waals surface area (Å²) in [5.74, 6) is 0.961.